The van der Waals surface area contributed by atoms with E-state index in [-0.39, 0.29) is 17.0 Å². The third-order valence-corrected chi connectivity index (χ3v) is 7.13. The number of fused-ring (bicyclic) bond motifs is 1. The number of rotatable bonds is 4. The van der Waals surface area contributed by atoms with E-state index in [1.54, 1.807) is 11.3 Å². The normalized spacial score (nSPS) is 16.6. The number of aromatic nitrogens is 4. The van der Waals surface area contributed by atoms with E-state index in [0.29, 0.717) is 11.4 Å². The molecule has 0 radical (unpaired) electrons. The first-order valence-electron chi connectivity index (χ1n) is 11.2. The van der Waals surface area contributed by atoms with Gasteiger partial charge in [-0.2, -0.15) is 5.26 Å². The van der Waals surface area contributed by atoms with E-state index in [2.05, 4.69) is 37.9 Å². The second-order valence-electron chi connectivity index (χ2n) is 8.19. The summed E-state index contributed by atoms with van der Waals surface area (Å²) in [5.74, 6) is 1.68. The van der Waals surface area contributed by atoms with Gasteiger partial charge in [0.1, 0.15) is 11.9 Å². The highest BCUT2D eigenvalue weighted by atomic mass is 79.9. The van der Waals surface area contributed by atoms with Crippen LogP contribution < -0.4 is 4.90 Å². The van der Waals surface area contributed by atoms with Crippen LogP contribution in [0.1, 0.15) is 55.1 Å². The topological polar surface area (TPSA) is 70.6 Å². The van der Waals surface area contributed by atoms with Crippen molar-refractivity contribution < 1.29 is 0 Å². The molecule has 0 bridgehead atoms. The molecule has 5 rings (SSSR count). The Morgan fingerprint density at radius 1 is 0.969 bits per heavy atom. The Morgan fingerprint density at radius 2 is 1.72 bits per heavy atom. The molecule has 1 saturated heterocycles. The van der Waals surface area contributed by atoms with Gasteiger partial charge in [-0.15, -0.1) is 27.2 Å². The van der Waals surface area contributed by atoms with Gasteiger partial charge in [0.2, 0.25) is 0 Å². The Hall–Kier alpha value is -2.50. The van der Waals surface area contributed by atoms with Crippen LogP contribution in [-0.2, 0) is 13.0 Å². The molecule has 2 aromatic heterocycles. The van der Waals surface area contributed by atoms with Gasteiger partial charge in [0.15, 0.2) is 11.0 Å². The maximum Gasteiger partial charge on any atom is 0.186 e. The average Bonchev–Trinajstić information content (AvgIpc) is 3.35. The third-order valence-electron chi connectivity index (χ3n) is 6.06. The summed E-state index contributed by atoms with van der Waals surface area (Å²) in [6.45, 7) is 2.98. The first kappa shape index (κ1) is 22.7. The van der Waals surface area contributed by atoms with Crippen molar-refractivity contribution in [3.05, 3.63) is 46.9 Å². The molecule has 0 N–H and O–H groups in total. The predicted molar refractivity (Wildman–Crippen MR) is 135 cm³/mol. The maximum absolute atomic E-state index is 10.0. The van der Waals surface area contributed by atoms with Crippen LogP contribution >= 0.6 is 28.3 Å². The highest BCUT2D eigenvalue weighted by Gasteiger charge is 2.21. The lowest BCUT2D eigenvalue weighted by Gasteiger charge is -2.25. The number of nitriles is 1. The molecule has 2 aliphatic rings. The monoisotopic (exact) mass is 510 g/mol. The summed E-state index contributed by atoms with van der Waals surface area (Å²) in [5.41, 5.74) is 2.58. The minimum Gasteiger partial charge on any atom is -0.348 e. The molecule has 0 saturated carbocycles. The Balaban J connectivity index is 0.00000245. The van der Waals surface area contributed by atoms with E-state index in [4.69, 9.17) is 4.98 Å². The number of hydrogen-bond donors (Lipinski definition) is 0. The molecule has 8 heteroatoms. The van der Waals surface area contributed by atoms with Gasteiger partial charge in [-0.3, -0.25) is 0 Å². The van der Waals surface area contributed by atoms with Gasteiger partial charge in [-0.25, -0.2) is 4.98 Å². The molecule has 0 atom stereocenters. The second kappa shape index (κ2) is 10.4. The summed E-state index contributed by atoms with van der Waals surface area (Å²) in [6, 6.07) is 12.6. The highest BCUT2D eigenvalue weighted by molar-refractivity contribution is 8.93. The van der Waals surface area contributed by atoms with Crippen LogP contribution in [0.2, 0.25) is 0 Å². The van der Waals surface area contributed by atoms with E-state index >= 15 is 0 Å². The van der Waals surface area contributed by atoms with Crippen molar-refractivity contribution in [1.82, 2.24) is 19.7 Å². The van der Waals surface area contributed by atoms with Crippen molar-refractivity contribution in [3.63, 3.8) is 0 Å². The molecular weight excluding hydrogens is 484 g/mol. The molecular formula is C24H27BrN6S. The van der Waals surface area contributed by atoms with Crippen molar-refractivity contribution in [2.24, 2.45) is 0 Å². The number of anilines is 1. The van der Waals surface area contributed by atoms with Crippen molar-refractivity contribution in [1.29, 1.82) is 5.26 Å². The average molecular weight is 511 g/mol. The summed E-state index contributed by atoms with van der Waals surface area (Å²) in [5, 5.41) is 19.9. The molecule has 1 fully saturated rings. The molecule has 1 aromatic carbocycles. The van der Waals surface area contributed by atoms with Gasteiger partial charge < -0.3 is 9.47 Å². The molecule has 2 aliphatic heterocycles. The van der Waals surface area contributed by atoms with Crippen LogP contribution in [-0.4, -0.2) is 32.8 Å². The quantitative estimate of drug-likeness (QED) is 0.417. The van der Waals surface area contributed by atoms with Gasteiger partial charge in [0, 0.05) is 31.6 Å². The second-order valence-corrected chi connectivity index (χ2v) is 9.20. The number of piperidine rings is 1. The first-order valence-corrected chi connectivity index (χ1v) is 12.0. The number of aryl methyl sites for hydroxylation is 1. The van der Waals surface area contributed by atoms with Crippen molar-refractivity contribution in [3.8, 4) is 17.3 Å². The predicted octanol–water partition coefficient (Wildman–Crippen LogP) is 5.76. The van der Waals surface area contributed by atoms with Crippen LogP contribution in [0, 0.1) is 11.3 Å². The fourth-order valence-corrected chi connectivity index (χ4v) is 5.49. The summed E-state index contributed by atoms with van der Waals surface area (Å²) in [4.78, 5) is 8.41. The minimum atomic E-state index is 0. The van der Waals surface area contributed by atoms with Gasteiger partial charge in [-0.05, 0) is 38.2 Å². The third kappa shape index (κ3) is 4.64. The van der Waals surface area contributed by atoms with Crippen LogP contribution in [0.25, 0.3) is 22.9 Å². The zero-order valence-corrected chi connectivity index (χ0v) is 20.6. The lowest BCUT2D eigenvalue weighted by atomic mass is 10.1. The maximum atomic E-state index is 10.0. The van der Waals surface area contributed by atoms with E-state index in [9.17, 15) is 5.26 Å². The minimum absolute atomic E-state index is 0. The summed E-state index contributed by atoms with van der Waals surface area (Å²) in [7, 11) is 0. The highest BCUT2D eigenvalue weighted by Crippen LogP contribution is 2.36. The number of thiazole rings is 1. The number of allylic oxidation sites excluding steroid dienone is 1. The van der Waals surface area contributed by atoms with E-state index in [0.717, 1.165) is 66.0 Å². The Kier molecular flexibility index (Phi) is 7.38. The van der Waals surface area contributed by atoms with Gasteiger partial charge in [-0.1, -0.05) is 48.1 Å². The van der Waals surface area contributed by atoms with Gasteiger partial charge in [0.25, 0.3) is 0 Å². The SMILES string of the molecule is Br.N#C/C(=C/c1sc(N2CCCCC2)nc1-c1ccccc1)c1nnc2n1CCCCC2. The lowest BCUT2D eigenvalue weighted by molar-refractivity contribution is 0.577. The number of nitrogens with zero attached hydrogens (tertiary/aromatic N) is 6. The Morgan fingerprint density at radius 3 is 2.50 bits per heavy atom. The lowest BCUT2D eigenvalue weighted by Crippen LogP contribution is -2.29. The summed E-state index contributed by atoms with van der Waals surface area (Å²) >= 11 is 1.67. The number of benzene rings is 1. The van der Waals surface area contributed by atoms with E-state index < -0.39 is 0 Å². The van der Waals surface area contributed by atoms with E-state index in [1.807, 2.05) is 24.3 Å². The van der Waals surface area contributed by atoms with Gasteiger partial charge in [0.05, 0.1) is 16.1 Å². The molecule has 0 unspecified atom stereocenters. The Bertz CT molecular complexity index is 1120. The largest absolute Gasteiger partial charge is 0.348 e. The van der Waals surface area contributed by atoms with Crippen molar-refractivity contribution >= 4 is 45.1 Å². The van der Waals surface area contributed by atoms with E-state index in [1.165, 1.54) is 25.7 Å². The number of halogens is 1. The summed E-state index contributed by atoms with van der Waals surface area (Å²) in [6.07, 6.45) is 10.0. The molecule has 4 heterocycles. The van der Waals surface area contributed by atoms with Crippen LogP contribution in [0.5, 0.6) is 0 Å². The first-order chi connectivity index (χ1) is 15.3. The van der Waals surface area contributed by atoms with Crippen LogP contribution in [0.3, 0.4) is 0 Å². The van der Waals surface area contributed by atoms with Crippen LogP contribution in [0.15, 0.2) is 30.3 Å². The fourth-order valence-electron chi connectivity index (χ4n) is 4.40. The zero-order valence-electron chi connectivity index (χ0n) is 18.0. The molecule has 0 amide bonds. The van der Waals surface area contributed by atoms with Crippen molar-refractivity contribution in [2.45, 2.75) is 51.5 Å². The van der Waals surface area contributed by atoms with Gasteiger partial charge >= 0.3 is 0 Å². The van der Waals surface area contributed by atoms with Crippen LogP contribution in [0.4, 0.5) is 5.13 Å². The zero-order chi connectivity index (χ0) is 21.0. The molecule has 6 nitrogen and oxygen atoms in total. The molecule has 0 spiro atoms. The number of hydrogen-bond acceptors (Lipinski definition) is 6. The molecule has 3 aromatic rings. The fraction of sp³-hybridized carbons (Fsp3) is 0.417. The Labute approximate surface area is 203 Å². The van der Waals surface area contributed by atoms with Crippen molar-refractivity contribution in [2.75, 3.05) is 18.0 Å². The smallest absolute Gasteiger partial charge is 0.186 e. The molecule has 32 heavy (non-hydrogen) atoms. The molecule has 166 valence electrons. The standard InChI is InChI=1S/C24H26N6S.BrH/c25-17-19(23-28-27-21-12-6-2-9-15-30(21)23)16-20-22(18-10-4-1-5-11-18)26-24(31-20)29-13-7-3-8-14-29;/h1,4-5,10-11,16H,2-3,6-9,12-15H2;1H/b19-16-;. The summed E-state index contributed by atoms with van der Waals surface area (Å²) < 4.78 is 2.14. The molecule has 0 aliphatic carbocycles.